The third kappa shape index (κ3) is 2.84. The second-order valence-corrected chi connectivity index (χ2v) is 5.83. The van der Waals surface area contributed by atoms with Crippen LogP contribution in [-0.2, 0) is 6.54 Å². The minimum Gasteiger partial charge on any atom is -0.302 e. The maximum Gasteiger partial charge on any atom is 0.111 e. The molecule has 0 aliphatic heterocycles. The molecule has 2 heterocycles. The number of fused-ring (bicyclic) bond motifs is 1. The minimum atomic E-state index is 0.204. The van der Waals surface area contributed by atoms with Gasteiger partial charge < -0.3 is 5.32 Å². The Morgan fingerprint density at radius 1 is 1.20 bits per heavy atom. The molecule has 1 aromatic carbocycles. The zero-order chi connectivity index (χ0) is 13.9. The summed E-state index contributed by atoms with van der Waals surface area (Å²) >= 11 is 1.73. The maximum absolute atomic E-state index is 4.66. The van der Waals surface area contributed by atoms with Gasteiger partial charge in [0, 0.05) is 18.9 Å². The van der Waals surface area contributed by atoms with Crippen LogP contribution in [0.2, 0.25) is 0 Å². The number of nitrogens with one attached hydrogen (secondary N) is 1. The summed E-state index contributed by atoms with van der Waals surface area (Å²) in [6.45, 7) is 4.76. The summed E-state index contributed by atoms with van der Waals surface area (Å²) in [5, 5.41) is 4.54. The van der Waals surface area contributed by atoms with Gasteiger partial charge in [0.2, 0.25) is 0 Å². The van der Waals surface area contributed by atoms with E-state index in [0.29, 0.717) is 6.54 Å². The molecule has 0 radical (unpaired) electrons. The highest BCUT2D eigenvalue weighted by molar-refractivity contribution is 7.18. The van der Waals surface area contributed by atoms with E-state index in [1.54, 1.807) is 17.5 Å². The van der Waals surface area contributed by atoms with Crippen molar-refractivity contribution in [3.8, 4) is 0 Å². The molecular formula is C15H16N4S. The average molecular weight is 284 g/mol. The zero-order valence-corrected chi connectivity index (χ0v) is 12.3. The highest BCUT2D eigenvalue weighted by Crippen LogP contribution is 2.26. The Labute approximate surface area is 121 Å². The Morgan fingerprint density at radius 3 is 2.80 bits per heavy atom. The summed E-state index contributed by atoms with van der Waals surface area (Å²) in [7, 11) is 0. The van der Waals surface area contributed by atoms with Crippen LogP contribution in [0.3, 0.4) is 0 Å². The molecule has 4 nitrogen and oxygen atoms in total. The van der Waals surface area contributed by atoms with E-state index in [4.69, 9.17) is 0 Å². The number of nitrogens with zero attached hydrogens (tertiary/aromatic N) is 3. The van der Waals surface area contributed by atoms with Gasteiger partial charge in [-0.25, -0.2) is 4.98 Å². The highest BCUT2D eigenvalue weighted by Gasteiger charge is 2.11. The summed E-state index contributed by atoms with van der Waals surface area (Å²) in [6.07, 6.45) is 3.60. The first-order valence-electron chi connectivity index (χ1n) is 6.59. The number of aromatic nitrogens is 3. The number of para-hydroxylation sites is 1. The van der Waals surface area contributed by atoms with E-state index in [-0.39, 0.29) is 6.04 Å². The Balaban J connectivity index is 1.69. The van der Waals surface area contributed by atoms with Crippen molar-refractivity contribution in [3.63, 3.8) is 0 Å². The van der Waals surface area contributed by atoms with E-state index < -0.39 is 0 Å². The van der Waals surface area contributed by atoms with E-state index in [0.717, 1.165) is 21.9 Å². The van der Waals surface area contributed by atoms with Crippen LogP contribution in [-0.4, -0.2) is 15.0 Å². The molecule has 0 saturated carbocycles. The number of thiazole rings is 1. The number of hydrogen-bond acceptors (Lipinski definition) is 5. The number of aryl methyl sites for hydroxylation is 1. The molecule has 0 saturated heterocycles. The van der Waals surface area contributed by atoms with Gasteiger partial charge in [-0.15, -0.1) is 11.3 Å². The molecule has 2 aromatic heterocycles. The average Bonchev–Trinajstić information content (AvgIpc) is 2.90. The SMILES string of the molecule is Cc1cnc(CNC(C)c2nc3ccccc3s2)cn1. The summed E-state index contributed by atoms with van der Waals surface area (Å²) in [5.41, 5.74) is 2.95. The largest absolute Gasteiger partial charge is 0.302 e. The van der Waals surface area contributed by atoms with Gasteiger partial charge in [-0.05, 0) is 26.0 Å². The van der Waals surface area contributed by atoms with Gasteiger partial charge in [0.15, 0.2) is 0 Å². The van der Waals surface area contributed by atoms with Crippen molar-refractivity contribution < 1.29 is 0 Å². The van der Waals surface area contributed by atoms with Crippen molar-refractivity contribution in [1.29, 1.82) is 0 Å². The molecule has 0 fully saturated rings. The summed E-state index contributed by atoms with van der Waals surface area (Å²) in [5.74, 6) is 0. The molecule has 0 spiro atoms. The standard InChI is InChI=1S/C15H16N4S/c1-10-7-18-12(8-16-10)9-17-11(2)15-19-13-5-3-4-6-14(13)20-15/h3-8,11,17H,9H2,1-2H3. The molecule has 5 heteroatoms. The molecule has 0 amide bonds. The highest BCUT2D eigenvalue weighted by atomic mass is 32.1. The first-order valence-corrected chi connectivity index (χ1v) is 7.40. The Morgan fingerprint density at radius 2 is 2.05 bits per heavy atom. The van der Waals surface area contributed by atoms with Crippen LogP contribution in [0.5, 0.6) is 0 Å². The second kappa shape index (κ2) is 5.64. The Hall–Kier alpha value is -1.85. The van der Waals surface area contributed by atoms with Crippen LogP contribution in [0.4, 0.5) is 0 Å². The van der Waals surface area contributed by atoms with Crippen LogP contribution in [0.15, 0.2) is 36.7 Å². The van der Waals surface area contributed by atoms with E-state index in [1.165, 1.54) is 4.70 Å². The fourth-order valence-corrected chi connectivity index (χ4v) is 2.93. The normalized spacial score (nSPS) is 12.7. The molecule has 1 unspecified atom stereocenters. The molecule has 0 aliphatic carbocycles. The molecule has 20 heavy (non-hydrogen) atoms. The lowest BCUT2D eigenvalue weighted by Gasteiger charge is -2.10. The van der Waals surface area contributed by atoms with Crippen LogP contribution < -0.4 is 5.32 Å². The number of rotatable bonds is 4. The molecule has 3 aromatic rings. The smallest absolute Gasteiger partial charge is 0.111 e. The van der Waals surface area contributed by atoms with Gasteiger partial charge in [-0.1, -0.05) is 12.1 Å². The first-order chi connectivity index (χ1) is 9.72. The summed E-state index contributed by atoms with van der Waals surface area (Å²) < 4.78 is 1.23. The first kappa shape index (κ1) is 13.1. The molecule has 1 N–H and O–H groups in total. The van der Waals surface area contributed by atoms with E-state index in [2.05, 4.69) is 33.3 Å². The molecule has 102 valence electrons. The van der Waals surface area contributed by atoms with Crippen molar-refractivity contribution in [2.45, 2.75) is 26.4 Å². The number of benzene rings is 1. The van der Waals surface area contributed by atoms with E-state index >= 15 is 0 Å². The predicted molar refractivity (Wildman–Crippen MR) is 81.6 cm³/mol. The zero-order valence-electron chi connectivity index (χ0n) is 11.5. The fraction of sp³-hybridized carbons (Fsp3) is 0.267. The van der Waals surface area contributed by atoms with Gasteiger partial charge in [0.25, 0.3) is 0 Å². The summed E-state index contributed by atoms with van der Waals surface area (Å²) in [6, 6.07) is 8.42. The predicted octanol–water partition coefficient (Wildman–Crippen LogP) is 3.25. The lowest BCUT2D eigenvalue weighted by atomic mass is 10.3. The van der Waals surface area contributed by atoms with Crippen molar-refractivity contribution in [2.24, 2.45) is 0 Å². The van der Waals surface area contributed by atoms with E-state index in [9.17, 15) is 0 Å². The molecule has 0 bridgehead atoms. The Kier molecular flexibility index (Phi) is 3.71. The van der Waals surface area contributed by atoms with Crippen molar-refractivity contribution in [2.75, 3.05) is 0 Å². The lowest BCUT2D eigenvalue weighted by Crippen LogP contribution is -2.18. The van der Waals surface area contributed by atoms with Crippen molar-refractivity contribution in [1.82, 2.24) is 20.3 Å². The van der Waals surface area contributed by atoms with Gasteiger partial charge in [-0.3, -0.25) is 9.97 Å². The number of hydrogen-bond donors (Lipinski definition) is 1. The maximum atomic E-state index is 4.66. The van der Waals surface area contributed by atoms with Gasteiger partial charge in [-0.2, -0.15) is 0 Å². The van der Waals surface area contributed by atoms with Gasteiger partial charge >= 0.3 is 0 Å². The van der Waals surface area contributed by atoms with Gasteiger partial charge in [0.05, 0.1) is 27.6 Å². The minimum absolute atomic E-state index is 0.204. The van der Waals surface area contributed by atoms with E-state index in [1.807, 2.05) is 31.3 Å². The van der Waals surface area contributed by atoms with Crippen LogP contribution in [0, 0.1) is 6.92 Å². The topological polar surface area (TPSA) is 50.7 Å². The van der Waals surface area contributed by atoms with Crippen LogP contribution in [0.1, 0.15) is 29.4 Å². The van der Waals surface area contributed by atoms with Crippen LogP contribution in [0.25, 0.3) is 10.2 Å². The van der Waals surface area contributed by atoms with Crippen molar-refractivity contribution in [3.05, 3.63) is 53.1 Å². The third-order valence-corrected chi connectivity index (χ3v) is 4.32. The van der Waals surface area contributed by atoms with Crippen LogP contribution >= 0.6 is 11.3 Å². The molecule has 0 aliphatic rings. The molecular weight excluding hydrogens is 268 g/mol. The second-order valence-electron chi connectivity index (χ2n) is 4.77. The quantitative estimate of drug-likeness (QED) is 0.799. The monoisotopic (exact) mass is 284 g/mol. The molecule has 1 atom stereocenters. The Bertz CT molecular complexity index is 672. The lowest BCUT2D eigenvalue weighted by molar-refractivity contribution is 0.564. The third-order valence-electron chi connectivity index (χ3n) is 3.10. The summed E-state index contributed by atoms with van der Waals surface area (Å²) in [4.78, 5) is 13.3. The fourth-order valence-electron chi connectivity index (χ4n) is 1.93. The molecule has 3 rings (SSSR count). The van der Waals surface area contributed by atoms with Crippen molar-refractivity contribution >= 4 is 21.6 Å². The van der Waals surface area contributed by atoms with Gasteiger partial charge in [0.1, 0.15) is 5.01 Å².